The second kappa shape index (κ2) is 6.54. The van der Waals surface area contributed by atoms with Crippen molar-refractivity contribution < 1.29 is 9.59 Å². The summed E-state index contributed by atoms with van der Waals surface area (Å²) in [5.41, 5.74) is 3.97. The van der Waals surface area contributed by atoms with Gasteiger partial charge in [0.1, 0.15) is 10.7 Å². The van der Waals surface area contributed by atoms with Gasteiger partial charge in [-0.25, -0.2) is 4.90 Å². The highest BCUT2D eigenvalue weighted by molar-refractivity contribution is 6.53. The van der Waals surface area contributed by atoms with Crippen molar-refractivity contribution in [1.82, 2.24) is 0 Å². The average Bonchev–Trinajstić information content (AvgIpc) is 2.73. The van der Waals surface area contributed by atoms with E-state index in [4.69, 9.17) is 23.2 Å². The Labute approximate surface area is 156 Å². The SMILES string of the molecule is Cc1cc(C)cc(N2C(=O)C(Cl)=C(Nc3ccc(C)c(Cl)c3)C2=O)c1. The molecular weight excluding hydrogens is 359 g/mol. The molecule has 6 heteroatoms. The van der Waals surface area contributed by atoms with Crippen molar-refractivity contribution in [3.8, 4) is 0 Å². The second-order valence-electron chi connectivity index (χ2n) is 6.07. The Morgan fingerprint density at radius 2 is 1.52 bits per heavy atom. The van der Waals surface area contributed by atoms with Crippen LogP contribution in [0.4, 0.5) is 11.4 Å². The van der Waals surface area contributed by atoms with Crippen LogP contribution in [0.3, 0.4) is 0 Å². The number of carbonyl (C=O) groups excluding carboxylic acids is 2. The van der Waals surface area contributed by atoms with Crippen LogP contribution in [0, 0.1) is 20.8 Å². The van der Waals surface area contributed by atoms with Crippen LogP contribution in [0.1, 0.15) is 16.7 Å². The average molecular weight is 375 g/mol. The zero-order chi connectivity index (χ0) is 18.3. The first kappa shape index (κ1) is 17.5. The van der Waals surface area contributed by atoms with E-state index in [9.17, 15) is 9.59 Å². The van der Waals surface area contributed by atoms with E-state index in [1.165, 1.54) is 0 Å². The molecular formula is C19H16Cl2N2O2. The van der Waals surface area contributed by atoms with Crippen LogP contribution in [-0.4, -0.2) is 11.8 Å². The number of imide groups is 1. The van der Waals surface area contributed by atoms with Crippen LogP contribution in [0.25, 0.3) is 0 Å². The van der Waals surface area contributed by atoms with Crippen LogP contribution in [0.5, 0.6) is 0 Å². The van der Waals surface area contributed by atoms with Gasteiger partial charge in [0.05, 0.1) is 5.69 Å². The highest BCUT2D eigenvalue weighted by Gasteiger charge is 2.39. The van der Waals surface area contributed by atoms with Crippen molar-refractivity contribution in [2.45, 2.75) is 20.8 Å². The van der Waals surface area contributed by atoms with E-state index >= 15 is 0 Å². The number of hydrogen-bond donors (Lipinski definition) is 1. The Balaban J connectivity index is 1.95. The topological polar surface area (TPSA) is 49.4 Å². The summed E-state index contributed by atoms with van der Waals surface area (Å²) in [6, 6.07) is 10.8. The quantitative estimate of drug-likeness (QED) is 0.791. The number of amides is 2. The molecule has 25 heavy (non-hydrogen) atoms. The first-order valence-electron chi connectivity index (χ1n) is 7.68. The summed E-state index contributed by atoms with van der Waals surface area (Å²) in [5.74, 6) is -1.03. The molecule has 1 heterocycles. The number of benzene rings is 2. The standard InChI is InChI=1S/C19H16Cl2N2O2/c1-10-6-11(2)8-14(7-10)23-18(24)16(21)17(19(23)25)22-13-5-4-12(3)15(20)9-13/h4-9,22H,1-3H3. The normalized spacial score (nSPS) is 14.5. The molecule has 0 unspecified atom stereocenters. The third-order valence-corrected chi connectivity index (χ3v) is 4.69. The van der Waals surface area contributed by atoms with Gasteiger partial charge >= 0.3 is 0 Å². The fraction of sp³-hybridized carbons (Fsp3) is 0.158. The van der Waals surface area contributed by atoms with Gasteiger partial charge < -0.3 is 5.32 Å². The molecule has 128 valence electrons. The molecule has 0 aliphatic carbocycles. The Kier molecular flexibility index (Phi) is 4.58. The van der Waals surface area contributed by atoms with E-state index in [0.29, 0.717) is 16.4 Å². The molecule has 1 aliphatic rings. The number of rotatable bonds is 3. The number of carbonyl (C=O) groups is 2. The van der Waals surface area contributed by atoms with Gasteiger partial charge in [0.25, 0.3) is 11.8 Å². The van der Waals surface area contributed by atoms with Crippen LogP contribution < -0.4 is 10.2 Å². The van der Waals surface area contributed by atoms with E-state index in [1.807, 2.05) is 32.9 Å². The predicted octanol–water partition coefficient (Wildman–Crippen LogP) is 4.70. The summed E-state index contributed by atoms with van der Waals surface area (Å²) in [6.07, 6.45) is 0. The van der Waals surface area contributed by atoms with Gasteiger partial charge in [-0.3, -0.25) is 9.59 Å². The molecule has 0 spiro atoms. The van der Waals surface area contributed by atoms with E-state index in [2.05, 4.69) is 5.32 Å². The summed E-state index contributed by atoms with van der Waals surface area (Å²) in [4.78, 5) is 26.4. The highest BCUT2D eigenvalue weighted by Crippen LogP contribution is 2.31. The molecule has 0 radical (unpaired) electrons. The maximum absolute atomic E-state index is 12.8. The first-order chi connectivity index (χ1) is 11.8. The molecule has 1 N–H and O–H groups in total. The van der Waals surface area contributed by atoms with Crippen LogP contribution >= 0.6 is 23.2 Å². The zero-order valence-electron chi connectivity index (χ0n) is 14.0. The first-order valence-corrected chi connectivity index (χ1v) is 8.43. The maximum atomic E-state index is 12.8. The molecule has 0 aromatic heterocycles. The monoisotopic (exact) mass is 374 g/mol. The van der Waals surface area contributed by atoms with Gasteiger partial charge in [-0.1, -0.05) is 35.3 Å². The van der Waals surface area contributed by atoms with Crippen LogP contribution in [0.2, 0.25) is 5.02 Å². The van der Waals surface area contributed by atoms with Crippen molar-refractivity contribution in [3.05, 3.63) is 68.8 Å². The number of hydrogen-bond acceptors (Lipinski definition) is 3. The molecule has 0 fully saturated rings. The summed E-state index contributed by atoms with van der Waals surface area (Å²) in [7, 11) is 0. The Hall–Kier alpha value is -2.30. The summed E-state index contributed by atoms with van der Waals surface area (Å²) >= 11 is 12.2. The number of anilines is 2. The van der Waals surface area contributed by atoms with Gasteiger partial charge in [0.2, 0.25) is 0 Å². The van der Waals surface area contributed by atoms with E-state index < -0.39 is 11.8 Å². The summed E-state index contributed by atoms with van der Waals surface area (Å²) < 4.78 is 0. The van der Waals surface area contributed by atoms with Crippen molar-refractivity contribution in [3.63, 3.8) is 0 Å². The zero-order valence-corrected chi connectivity index (χ0v) is 15.5. The van der Waals surface area contributed by atoms with Crippen molar-refractivity contribution >= 4 is 46.4 Å². The molecule has 3 rings (SSSR count). The Morgan fingerprint density at radius 1 is 0.880 bits per heavy atom. The third kappa shape index (κ3) is 3.28. The minimum Gasteiger partial charge on any atom is -0.350 e. The lowest BCUT2D eigenvalue weighted by molar-refractivity contribution is -0.120. The largest absolute Gasteiger partial charge is 0.350 e. The number of nitrogens with one attached hydrogen (secondary N) is 1. The van der Waals surface area contributed by atoms with Gasteiger partial charge in [0, 0.05) is 10.7 Å². The lowest BCUT2D eigenvalue weighted by Crippen LogP contribution is -2.32. The van der Waals surface area contributed by atoms with Crippen molar-refractivity contribution in [2.75, 3.05) is 10.2 Å². The summed E-state index contributed by atoms with van der Waals surface area (Å²) in [6.45, 7) is 5.69. The molecule has 1 aliphatic heterocycles. The minimum atomic E-state index is -0.544. The smallest absolute Gasteiger partial charge is 0.283 e. The summed E-state index contributed by atoms with van der Waals surface area (Å²) in [5, 5.41) is 3.34. The lowest BCUT2D eigenvalue weighted by atomic mass is 10.1. The predicted molar refractivity (Wildman–Crippen MR) is 101 cm³/mol. The molecule has 2 aromatic rings. The van der Waals surface area contributed by atoms with Crippen molar-refractivity contribution in [1.29, 1.82) is 0 Å². The van der Waals surface area contributed by atoms with E-state index in [1.54, 1.807) is 24.3 Å². The molecule has 2 amide bonds. The fourth-order valence-electron chi connectivity index (χ4n) is 2.74. The van der Waals surface area contributed by atoms with Crippen LogP contribution in [-0.2, 0) is 9.59 Å². The fourth-order valence-corrected chi connectivity index (χ4v) is 3.13. The van der Waals surface area contributed by atoms with E-state index in [0.717, 1.165) is 21.6 Å². The van der Waals surface area contributed by atoms with Gasteiger partial charge in [-0.05, 0) is 61.7 Å². The minimum absolute atomic E-state index is 0.0470. The van der Waals surface area contributed by atoms with Gasteiger partial charge in [-0.2, -0.15) is 0 Å². The van der Waals surface area contributed by atoms with E-state index in [-0.39, 0.29) is 10.7 Å². The molecule has 0 bridgehead atoms. The Morgan fingerprint density at radius 3 is 2.12 bits per heavy atom. The maximum Gasteiger partial charge on any atom is 0.283 e. The molecule has 4 nitrogen and oxygen atoms in total. The number of aryl methyl sites for hydroxylation is 3. The number of halogens is 2. The molecule has 2 aromatic carbocycles. The second-order valence-corrected chi connectivity index (χ2v) is 6.85. The number of nitrogens with zero attached hydrogens (tertiary/aromatic N) is 1. The molecule has 0 saturated heterocycles. The van der Waals surface area contributed by atoms with Gasteiger partial charge in [-0.15, -0.1) is 0 Å². The third-order valence-electron chi connectivity index (χ3n) is 3.93. The Bertz CT molecular complexity index is 915. The van der Waals surface area contributed by atoms with Crippen LogP contribution in [0.15, 0.2) is 47.1 Å². The lowest BCUT2D eigenvalue weighted by Gasteiger charge is -2.16. The van der Waals surface area contributed by atoms with Crippen molar-refractivity contribution in [2.24, 2.45) is 0 Å². The highest BCUT2D eigenvalue weighted by atomic mass is 35.5. The molecule has 0 saturated carbocycles. The molecule has 0 atom stereocenters. The van der Waals surface area contributed by atoms with Gasteiger partial charge in [0.15, 0.2) is 0 Å².